The van der Waals surface area contributed by atoms with E-state index < -0.39 is 11.7 Å². The van der Waals surface area contributed by atoms with Gasteiger partial charge in [-0.25, -0.2) is 0 Å². The van der Waals surface area contributed by atoms with Crippen LogP contribution in [0, 0.1) is 22.7 Å². The third-order valence-electron chi connectivity index (χ3n) is 7.85. The van der Waals surface area contributed by atoms with E-state index in [9.17, 15) is 9.90 Å². The van der Waals surface area contributed by atoms with Crippen LogP contribution in [0.2, 0.25) is 0 Å². The third kappa shape index (κ3) is 1.84. The van der Waals surface area contributed by atoms with Gasteiger partial charge in [0.1, 0.15) is 18.3 Å². The quantitative estimate of drug-likeness (QED) is 0.739. The predicted molar refractivity (Wildman–Crippen MR) is 90.3 cm³/mol. The molecular formula is C20H30O4. The monoisotopic (exact) mass is 334 g/mol. The molecular weight excluding hydrogens is 304 g/mol. The molecule has 1 saturated heterocycles. The number of aliphatic hydroxyl groups excluding tert-OH is 1. The van der Waals surface area contributed by atoms with Crippen LogP contribution in [-0.4, -0.2) is 34.8 Å². The van der Waals surface area contributed by atoms with Crippen LogP contribution in [0.3, 0.4) is 0 Å². The van der Waals surface area contributed by atoms with Crippen LogP contribution in [0.1, 0.15) is 59.8 Å². The molecule has 2 saturated carbocycles. The van der Waals surface area contributed by atoms with E-state index in [-0.39, 0.29) is 34.1 Å². The van der Waals surface area contributed by atoms with Gasteiger partial charge in [0, 0.05) is 17.3 Å². The number of ketones is 1. The Morgan fingerprint density at radius 1 is 1.17 bits per heavy atom. The minimum absolute atomic E-state index is 0.0348. The van der Waals surface area contributed by atoms with Crippen molar-refractivity contribution in [2.45, 2.75) is 77.1 Å². The van der Waals surface area contributed by atoms with Crippen molar-refractivity contribution in [3.8, 4) is 0 Å². The number of aliphatic hydroxyl groups is 1. The molecule has 0 radical (unpaired) electrons. The second-order valence-electron chi connectivity index (χ2n) is 9.48. The number of fused-ring (bicyclic) bond motifs is 2. The van der Waals surface area contributed by atoms with Crippen LogP contribution < -0.4 is 0 Å². The van der Waals surface area contributed by atoms with Gasteiger partial charge in [-0.2, -0.15) is 0 Å². The Bertz CT molecular complexity index is 596. The van der Waals surface area contributed by atoms with E-state index in [1.54, 1.807) is 6.26 Å². The van der Waals surface area contributed by atoms with Crippen molar-refractivity contribution >= 4 is 5.78 Å². The van der Waals surface area contributed by atoms with E-state index in [4.69, 9.17) is 9.47 Å². The lowest BCUT2D eigenvalue weighted by molar-refractivity contribution is -0.253. The Balaban J connectivity index is 1.83. The van der Waals surface area contributed by atoms with Gasteiger partial charge >= 0.3 is 0 Å². The summed E-state index contributed by atoms with van der Waals surface area (Å²) in [5.74, 6) is -0.368. The smallest absolute Gasteiger partial charge is 0.167 e. The second-order valence-corrected chi connectivity index (χ2v) is 9.48. The SMILES string of the molecule is C[C@@H]1C(=O)[C@@H](O)[C@H]2C(C)(C)CCC[C@]2(C)[C@@]12CC[C@]1(C=COC1)O2. The average Bonchev–Trinajstić information content (AvgIpc) is 3.12. The summed E-state index contributed by atoms with van der Waals surface area (Å²) in [4.78, 5) is 13.0. The zero-order chi connectivity index (χ0) is 17.4. The molecule has 2 aliphatic carbocycles. The minimum atomic E-state index is -0.874. The molecule has 1 N–H and O–H groups in total. The summed E-state index contributed by atoms with van der Waals surface area (Å²) in [7, 11) is 0. The Morgan fingerprint density at radius 3 is 2.58 bits per heavy atom. The van der Waals surface area contributed by atoms with E-state index in [2.05, 4.69) is 20.8 Å². The maximum Gasteiger partial charge on any atom is 0.167 e. The summed E-state index contributed by atoms with van der Waals surface area (Å²) in [6.07, 6.45) is 7.82. The number of hydrogen-bond donors (Lipinski definition) is 1. The lowest BCUT2D eigenvalue weighted by atomic mass is 9.43. The van der Waals surface area contributed by atoms with E-state index in [0.717, 1.165) is 32.1 Å². The van der Waals surface area contributed by atoms with Gasteiger partial charge in [0.15, 0.2) is 5.78 Å². The van der Waals surface area contributed by atoms with Gasteiger partial charge in [-0.05, 0) is 37.2 Å². The first-order valence-corrected chi connectivity index (χ1v) is 9.39. The van der Waals surface area contributed by atoms with E-state index in [1.165, 1.54) is 0 Å². The van der Waals surface area contributed by atoms with Crippen molar-refractivity contribution < 1.29 is 19.4 Å². The highest BCUT2D eigenvalue weighted by molar-refractivity contribution is 5.88. The summed E-state index contributed by atoms with van der Waals surface area (Å²) < 4.78 is 12.3. The van der Waals surface area contributed by atoms with Crippen LogP contribution in [0.15, 0.2) is 12.3 Å². The van der Waals surface area contributed by atoms with Gasteiger partial charge in [0.25, 0.3) is 0 Å². The fourth-order valence-corrected chi connectivity index (χ4v) is 6.68. The maximum absolute atomic E-state index is 13.0. The Labute approximate surface area is 144 Å². The fraction of sp³-hybridized carbons (Fsp3) is 0.850. The molecule has 134 valence electrons. The van der Waals surface area contributed by atoms with Crippen LogP contribution >= 0.6 is 0 Å². The number of ether oxygens (including phenoxy) is 2. The molecule has 4 heteroatoms. The molecule has 4 rings (SSSR count). The van der Waals surface area contributed by atoms with Crippen LogP contribution in [-0.2, 0) is 14.3 Å². The standard InChI is InChI=1S/C20H30O4/c1-13-14(21)15(22)16-17(2,3)6-5-7-18(16,4)20(13)9-8-19(24-20)10-11-23-12-19/h10-11,13,15-16,22H,5-9,12H2,1-4H3/t13-,15-,16+,18+,19-,20-/m1/s1. The number of carbonyl (C=O) groups is 1. The molecule has 0 aromatic heterocycles. The molecule has 3 fully saturated rings. The van der Waals surface area contributed by atoms with Crippen molar-refractivity contribution in [1.29, 1.82) is 0 Å². The van der Waals surface area contributed by atoms with Crippen LogP contribution in [0.25, 0.3) is 0 Å². The van der Waals surface area contributed by atoms with Crippen molar-refractivity contribution in [3.63, 3.8) is 0 Å². The van der Waals surface area contributed by atoms with Gasteiger partial charge in [-0.15, -0.1) is 0 Å². The topological polar surface area (TPSA) is 55.8 Å². The van der Waals surface area contributed by atoms with Gasteiger partial charge in [-0.1, -0.05) is 34.1 Å². The van der Waals surface area contributed by atoms with Crippen molar-refractivity contribution in [2.24, 2.45) is 22.7 Å². The van der Waals surface area contributed by atoms with E-state index in [0.29, 0.717) is 6.61 Å². The number of rotatable bonds is 0. The number of carbonyl (C=O) groups excluding carboxylic acids is 1. The summed E-state index contributed by atoms with van der Waals surface area (Å²) in [6.45, 7) is 9.19. The molecule has 0 bridgehead atoms. The lowest BCUT2D eigenvalue weighted by Gasteiger charge is -2.64. The largest absolute Gasteiger partial charge is 0.498 e. The zero-order valence-electron chi connectivity index (χ0n) is 15.3. The molecule has 4 aliphatic rings. The second kappa shape index (κ2) is 4.85. The molecule has 2 spiro atoms. The Hall–Kier alpha value is -0.870. The highest BCUT2D eigenvalue weighted by atomic mass is 16.6. The molecule has 2 heterocycles. The highest BCUT2D eigenvalue weighted by Crippen LogP contribution is 2.67. The first-order chi connectivity index (χ1) is 11.2. The van der Waals surface area contributed by atoms with Gasteiger partial charge < -0.3 is 14.6 Å². The average molecular weight is 334 g/mol. The van der Waals surface area contributed by atoms with Gasteiger partial charge in [-0.3, -0.25) is 4.79 Å². The third-order valence-corrected chi connectivity index (χ3v) is 7.85. The molecule has 24 heavy (non-hydrogen) atoms. The Morgan fingerprint density at radius 2 is 1.92 bits per heavy atom. The fourth-order valence-electron chi connectivity index (χ4n) is 6.68. The van der Waals surface area contributed by atoms with Crippen LogP contribution in [0.4, 0.5) is 0 Å². The van der Waals surface area contributed by atoms with Gasteiger partial charge in [0.2, 0.25) is 0 Å². The highest BCUT2D eigenvalue weighted by Gasteiger charge is 2.71. The maximum atomic E-state index is 13.0. The predicted octanol–water partition coefficient (Wildman–Crippen LogP) is 3.23. The molecule has 6 atom stereocenters. The molecule has 0 aromatic rings. The van der Waals surface area contributed by atoms with Crippen molar-refractivity contribution in [3.05, 3.63) is 12.3 Å². The lowest BCUT2D eigenvalue weighted by Crippen LogP contribution is -2.70. The zero-order valence-corrected chi connectivity index (χ0v) is 15.3. The normalized spacial score (nSPS) is 52.7. The summed E-state index contributed by atoms with van der Waals surface area (Å²) in [6, 6.07) is 0. The molecule has 0 unspecified atom stereocenters. The number of Topliss-reactive ketones (excluding diaryl/α,β-unsaturated/α-hetero) is 1. The van der Waals surface area contributed by atoms with E-state index in [1.807, 2.05) is 13.0 Å². The summed E-state index contributed by atoms with van der Waals surface area (Å²) >= 11 is 0. The minimum Gasteiger partial charge on any atom is -0.498 e. The van der Waals surface area contributed by atoms with Crippen molar-refractivity contribution in [2.75, 3.05) is 6.61 Å². The summed E-state index contributed by atoms with van der Waals surface area (Å²) in [5, 5.41) is 10.9. The van der Waals surface area contributed by atoms with Crippen LogP contribution in [0.5, 0.6) is 0 Å². The molecule has 0 aromatic carbocycles. The molecule has 0 amide bonds. The van der Waals surface area contributed by atoms with Gasteiger partial charge in [0.05, 0.1) is 11.9 Å². The molecule has 4 nitrogen and oxygen atoms in total. The molecule has 2 aliphatic heterocycles. The summed E-state index contributed by atoms with van der Waals surface area (Å²) in [5.41, 5.74) is -1.13. The number of hydrogen-bond acceptors (Lipinski definition) is 4. The Kier molecular flexibility index (Phi) is 3.35. The van der Waals surface area contributed by atoms with E-state index >= 15 is 0 Å². The first kappa shape index (κ1) is 16.6. The van der Waals surface area contributed by atoms with Crippen molar-refractivity contribution in [1.82, 2.24) is 0 Å². The first-order valence-electron chi connectivity index (χ1n) is 9.39.